The van der Waals surface area contributed by atoms with E-state index < -0.39 is 30.0 Å². The summed E-state index contributed by atoms with van der Waals surface area (Å²) in [7, 11) is 1.54. The third-order valence-corrected chi connectivity index (χ3v) is 4.94. The van der Waals surface area contributed by atoms with E-state index in [1.807, 2.05) is 0 Å². The van der Waals surface area contributed by atoms with E-state index in [2.05, 4.69) is 10.3 Å². The Balaban J connectivity index is 1.84. The van der Waals surface area contributed by atoms with Crippen LogP contribution in [-0.4, -0.2) is 65.8 Å². The summed E-state index contributed by atoms with van der Waals surface area (Å²) in [6, 6.07) is 7.98. The molecule has 2 heterocycles. The molecule has 1 amide bonds. The van der Waals surface area contributed by atoms with Crippen LogP contribution in [0.4, 0.5) is 5.82 Å². The van der Waals surface area contributed by atoms with Crippen LogP contribution in [0.25, 0.3) is 0 Å². The maximum atomic E-state index is 12.8. The largest absolute Gasteiger partial charge is 0.388 e. The van der Waals surface area contributed by atoms with E-state index in [1.54, 1.807) is 43.5 Å². The summed E-state index contributed by atoms with van der Waals surface area (Å²) in [5, 5.41) is 13.3. The fraction of sp³-hybridized carbons (Fsp3) is 0.476. The van der Waals surface area contributed by atoms with E-state index in [1.165, 1.54) is 11.7 Å². The van der Waals surface area contributed by atoms with Crippen molar-refractivity contribution in [1.29, 1.82) is 0 Å². The fourth-order valence-electron chi connectivity index (χ4n) is 3.27. The van der Waals surface area contributed by atoms with Gasteiger partial charge in [-0.3, -0.25) is 9.36 Å². The van der Waals surface area contributed by atoms with Gasteiger partial charge in [0.15, 0.2) is 0 Å². The van der Waals surface area contributed by atoms with E-state index in [0.29, 0.717) is 17.7 Å². The molecule has 1 aromatic carbocycles. The molecule has 2 aromatic rings. The van der Waals surface area contributed by atoms with Gasteiger partial charge in [0.2, 0.25) is 0 Å². The molecule has 30 heavy (non-hydrogen) atoms. The van der Waals surface area contributed by atoms with E-state index in [0.717, 1.165) is 0 Å². The van der Waals surface area contributed by atoms with Gasteiger partial charge >= 0.3 is 5.69 Å². The van der Waals surface area contributed by atoms with Gasteiger partial charge in [0.25, 0.3) is 5.91 Å². The second-order valence-corrected chi connectivity index (χ2v) is 7.04. The molecule has 4 atom stereocenters. The number of anilines is 1. The SMILES string of the molecule is [2H]C[C@H]1OC[C@@H](n2cc(C)c(NC(=O)c3ccccc3)nc2=O)[C@H](OCCOC)[C@@H]1O. The van der Waals surface area contributed by atoms with Gasteiger partial charge in [-0.1, -0.05) is 18.2 Å². The second-order valence-electron chi connectivity index (χ2n) is 7.04. The number of hydrogen-bond donors (Lipinski definition) is 2. The molecule has 0 saturated carbocycles. The predicted molar refractivity (Wildman–Crippen MR) is 110 cm³/mol. The quantitative estimate of drug-likeness (QED) is 0.649. The molecule has 1 aliphatic rings. The lowest BCUT2D eigenvalue weighted by Gasteiger charge is -2.39. The van der Waals surface area contributed by atoms with Gasteiger partial charge in [-0.05, 0) is 26.0 Å². The Morgan fingerprint density at radius 2 is 2.17 bits per heavy atom. The maximum absolute atomic E-state index is 12.8. The Kier molecular flexibility index (Phi) is 6.85. The Hall–Kier alpha value is -2.59. The number of carbonyl (C=O) groups excluding carboxylic acids is 1. The summed E-state index contributed by atoms with van der Waals surface area (Å²) in [4.78, 5) is 29.2. The smallest absolute Gasteiger partial charge is 0.349 e. The van der Waals surface area contributed by atoms with Crippen LogP contribution in [0.3, 0.4) is 0 Å². The first-order chi connectivity index (χ1) is 15.0. The van der Waals surface area contributed by atoms with E-state index >= 15 is 0 Å². The van der Waals surface area contributed by atoms with Crippen LogP contribution < -0.4 is 11.0 Å². The lowest BCUT2D eigenvalue weighted by Crippen LogP contribution is -2.53. The highest BCUT2D eigenvalue weighted by Gasteiger charge is 2.40. The molecule has 3 rings (SSSR count). The minimum atomic E-state index is -1.09. The molecule has 1 fully saturated rings. The summed E-state index contributed by atoms with van der Waals surface area (Å²) in [6.07, 6.45) is -1.01. The molecule has 1 aliphatic heterocycles. The van der Waals surface area contributed by atoms with Crippen LogP contribution in [0.5, 0.6) is 0 Å². The van der Waals surface area contributed by atoms with Crippen molar-refractivity contribution in [2.45, 2.75) is 38.2 Å². The number of aliphatic hydroxyl groups is 1. The number of nitrogens with one attached hydrogen (secondary N) is 1. The lowest BCUT2D eigenvalue weighted by atomic mass is 9.98. The van der Waals surface area contributed by atoms with E-state index in [4.69, 9.17) is 15.6 Å². The molecule has 162 valence electrons. The zero-order chi connectivity index (χ0) is 22.4. The number of amides is 1. The first-order valence-corrected chi connectivity index (χ1v) is 9.62. The van der Waals surface area contributed by atoms with Crippen molar-refractivity contribution >= 4 is 11.7 Å². The number of aryl methyl sites for hydroxylation is 1. The van der Waals surface area contributed by atoms with Crippen LogP contribution in [0.2, 0.25) is 0 Å². The topological polar surface area (TPSA) is 112 Å². The summed E-state index contributed by atoms with van der Waals surface area (Å²) in [5.74, 6) is -0.211. The van der Waals surface area contributed by atoms with Gasteiger partial charge in [0.05, 0.1) is 32.0 Å². The molecule has 2 N–H and O–H groups in total. The van der Waals surface area contributed by atoms with Gasteiger partial charge in [-0.25, -0.2) is 4.79 Å². The minimum absolute atomic E-state index is 0.0784. The second kappa shape index (κ2) is 9.94. The lowest BCUT2D eigenvalue weighted by molar-refractivity contribution is -0.176. The number of hydrogen-bond acceptors (Lipinski definition) is 7. The molecule has 0 spiro atoms. The van der Waals surface area contributed by atoms with E-state index in [-0.39, 0.29) is 31.8 Å². The number of carbonyl (C=O) groups is 1. The van der Waals surface area contributed by atoms with Crippen LogP contribution in [0.15, 0.2) is 41.3 Å². The van der Waals surface area contributed by atoms with Crippen LogP contribution >= 0.6 is 0 Å². The number of aromatic nitrogens is 2. The number of methoxy groups -OCH3 is 1. The number of rotatable bonds is 7. The molecule has 0 aliphatic carbocycles. The number of aliphatic hydroxyl groups excluding tert-OH is 1. The first-order valence-electron chi connectivity index (χ1n) is 10.3. The summed E-state index contributed by atoms with van der Waals surface area (Å²) in [5.41, 5.74) is 0.403. The molecule has 0 radical (unpaired) electrons. The van der Waals surface area contributed by atoms with Gasteiger partial charge < -0.3 is 24.6 Å². The minimum Gasteiger partial charge on any atom is -0.388 e. The Morgan fingerprint density at radius 1 is 1.40 bits per heavy atom. The van der Waals surface area contributed by atoms with E-state index in [9.17, 15) is 14.7 Å². The molecule has 0 unspecified atom stereocenters. The third kappa shape index (κ3) is 4.93. The molecule has 1 saturated heterocycles. The zero-order valence-corrected chi connectivity index (χ0v) is 17.0. The molecule has 0 bridgehead atoms. The highest BCUT2D eigenvalue weighted by Crippen LogP contribution is 2.27. The molecule has 9 heteroatoms. The Labute approximate surface area is 176 Å². The van der Waals surface area contributed by atoms with Gasteiger partial charge in [0.1, 0.15) is 18.0 Å². The average Bonchev–Trinajstić information content (AvgIpc) is 2.78. The highest BCUT2D eigenvalue weighted by molar-refractivity contribution is 6.03. The summed E-state index contributed by atoms with van der Waals surface area (Å²) >= 11 is 0. The van der Waals surface area contributed by atoms with Crippen LogP contribution in [0.1, 0.15) is 30.2 Å². The zero-order valence-electron chi connectivity index (χ0n) is 18.0. The maximum Gasteiger partial charge on any atom is 0.349 e. The monoisotopic (exact) mass is 418 g/mol. The number of ether oxygens (including phenoxy) is 3. The van der Waals surface area contributed by atoms with Gasteiger partial charge in [-0.2, -0.15) is 4.98 Å². The molecular weight excluding hydrogens is 390 g/mol. The van der Waals surface area contributed by atoms with Crippen LogP contribution in [-0.2, 0) is 14.2 Å². The van der Waals surface area contributed by atoms with Crippen molar-refractivity contribution in [2.75, 3.05) is 32.2 Å². The number of nitrogens with zero attached hydrogens (tertiary/aromatic N) is 2. The van der Waals surface area contributed by atoms with Crippen molar-refractivity contribution in [1.82, 2.24) is 9.55 Å². The summed E-state index contributed by atoms with van der Waals surface area (Å²) in [6.45, 7) is 2.20. The van der Waals surface area contributed by atoms with Crippen molar-refractivity contribution in [3.63, 3.8) is 0 Å². The molecule has 1 aromatic heterocycles. The van der Waals surface area contributed by atoms with Crippen molar-refractivity contribution in [3.8, 4) is 0 Å². The standard InChI is InChI=1S/C21H27N3O6/c1-13-11-24(16-12-30-14(2)17(25)18(16)29-10-9-28-3)21(27)23-19(13)22-20(26)15-7-5-4-6-8-15/h4-8,11,14,16-18,25H,9-10,12H2,1-3H3,(H,22,23,26,27)/t14-,16-,17-,18+/m1/s1/i2D. The molecule has 9 nitrogen and oxygen atoms in total. The average molecular weight is 418 g/mol. The Morgan fingerprint density at radius 3 is 2.87 bits per heavy atom. The van der Waals surface area contributed by atoms with Crippen LogP contribution in [0, 0.1) is 6.92 Å². The fourth-order valence-corrected chi connectivity index (χ4v) is 3.27. The Bertz CT molecular complexity index is 938. The normalized spacial score (nSPS) is 24.3. The number of benzene rings is 1. The van der Waals surface area contributed by atoms with Crippen molar-refractivity contribution < 1.29 is 25.5 Å². The first kappa shape index (κ1) is 20.7. The van der Waals surface area contributed by atoms with Crippen molar-refractivity contribution in [2.24, 2.45) is 0 Å². The van der Waals surface area contributed by atoms with Crippen molar-refractivity contribution in [3.05, 3.63) is 58.1 Å². The third-order valence-electron chi connectivity index (χ3n) is 4.94. The van der Waals surface area contributed by atoms with Gasteiger partial charge in [-0.15, -0.1) is 0 Å². The summed E-state index contributed by atoms with van der Waals surface area (Å²) < 4.78 is 25.3. The predicted octanol–water partition coefficient (Wildman–Crippen LogP) is 1.16. The molecular formula is C21H27N3O6. The highest BCUT2D eigenvalue weighted by atomic mass is 16.6. The van der Waals surface area contributed by atoms with Gasteiger partial charge in [0, 0.05) is 25.8 Å².